The van der Waals surface area contributed by atoms with E-state index in [1.54, 1.807) is 0 Å². The Morgan fingerprint density at radius 3 is 2.26 bits per heavy atom. The van der Waals surface area contributed by atoms with E-state index in [9.17, 15) is 14.7 Å². The van der Waals surface area contributed by atoms with Gasteiger partial charge in [0.1, 0.15) is 5.54 Å². The van der Waals surface area contributed by atoms with E-state index in [0.29, 0.717) is 13.2 Å². The lowest BCUT2D eigenvalue weighted by molar-refractivity contribution is -0.276. The minimum absolute atomic E-state index is 0.0118. The van der Waals surface area contributed by atoms with Crippen molar-refractivity contribution in [3.63, 3.8) is 0 Å². The van der Waals surface area contributed by atoms with E-state index < -0.39 is 11.8 Å². The minimum atomic E-state index is -0.642. The first-order valence-electron chi connectivity index (χ1n) is 19.8. The van der Waals surface area contributed by atoms with Crippen molar-refractivity contribution in [3.05, 3.63) is 95.6 Å². The Bertz CT molecular complexity index is 1760. The summed E-state index contributed by atoms with van der Waals surface area (Å²) in [7, 11) is 0. The number of hydrogen-bond acceptors (Lipinski definition) is 7. The smallest absolute Gasteiger partial charge is 0.319 e. The van der Waals surface area contributed by atoms with Gasteiger partial charge in [-0.15, -0.1) is 0 Å². The Hall–Kier alpha value is -3.96. The maximum atomic E-state index is 13.5. The second-order valence-electron chi connectivity index (χ2n) is 17.0. The molecule has 4 atom stereocenters. The second-order valence-corrected chi connectivity index (χ2v) is 17.0. The summed E-state index contributed by atoms with van der Waals surface area (Å²) < 4.78 is 13.6. The predicted molar refractivity (Wildman–Crippen MR) is 203 cm³/mol. The van der Waals surface area contributed by atoms with Gasteiger partial charge in [-0.25, -0.2) is 4.79 Å². The van der Waals surface area contributed by atoms with Crippen LogP contribution in [0.3, 0.4) is 0 Å². The molecule has 4 unspecified atom stereocenters. The third-order valence-electron chi connectivity index (χ3n) is 13.5. The first-order valence-corrected chi connectivity index (χ1v) is 19.8. The first-order chi connectivity index (χ1) is 25.8. The summed E-state index contributed by atoms with van der Waals surface area (Å²) in [4.78, 5) is 31.5. The van der Waals surface area contributed by atoms with Crippen molar-refractivity contribution >= 4 is 23.3 Å². The van der Waals surface area contributed by atoms with Gasteiger partial charge in [-0.05, 0) is 105 Å². The monoisotopic (exact) mass is 719 g/mol. The number of rotatable bonds is 8. The summed E-state index contributed by atoms with van der Waals surface area (Å²) in [5.74, 6) is 2.41. The molecule has 3 aliphatic heterocycles. The molecule has 3 heterocycles. The van der Waals surface area contributed by atoms with Crippen molar-refractivity contribution in [2.24, 2.45) is 23.7 Å². The van der Waals surface area contributed by atoms with Gasteiger partial charge in [0.05, 0.1) is 25.5 Å². The molecular formula is C43H53N5O5. The van der Waals surface area contributed by atoms with Crippen LogP contribution in [0.2, 0.25) is 0 Å². The molecule has 280 valence electrons. The number of urea groups is 1. The summed E-state index contributed by atoms with van der Waals surface area (Å²) in [6.07, 6.45) is 7.75. The highest BCUT2D eigenvalue weighted by Crippen LogP contribution is 2.55. The van der Waals surface area contributed by atoms with Crippen molar-refractivity contribution in [1.29, 1.82) is 0 Å². The lowest BCUT2D eigenvalue weighted by Crippen LogP contribution is -2.60. The zero-order chi connectivity index (χ0) is 36.2. The number of carbonyl (C=O) groups is 2. The van der Waals surface area contributed by atoms with Gasteiger partial charge in [-0.1, -0.05) is 61.5 Å². The highest BCUT2D eigenvalue weighted by atomic mass is 16.7. The van der Waals surface area contributed by atoms with E-state index >= 15 is 0 Å². The molecule has 0 aromatic heterocycles. The highest BCUT2D eigenvalue weighted by Gasteiger charge is 2.52. The van der Waals surface area contributed by atoms with E-state index in [2.05, 4.69) is 44.8 Å². The van der Waals surface area contributed by atoms with E-state index in [4.69, 9.17) is 9.47 Å². The number of aliphatic hydroxyl groups is 1. The number of amides is 3. The molecule has 0 radical (unpaired) electrons. The largest absolute Gasteiger partial charge is 0.392 e. The van der Waals surface area contributed by atoms with Crippen LogP contribution >= 0.6 is 0 Å². The van der Waals surface area contributed by atoms with E-state index in [1.165, 1.54) is 19.3 Å². The average molecular weight is 720 g/mol. The topological polar surface area (TPSA) is 115 Å². The number of benzene rings is 3. The molecule has 1 spiro atoms. The second kappa shape index (κ2) is 14.0. The van der Waals surface area contributed by atoms with Gasteiger partial charge >= 0.3 is 6.03 Å². The van der Waals surface area contributed by atoms with Crippen LogP contribution in [0.25, 0.3) is 0 Å². The summed E-state index contributed by atoms with van der Waals surface area (Å²) in [6, 6.07) is 25.9. The number of anilines is 2. The van der Waals surface area contributed by atoms with Gasteiger partial charge in [-0.2, -0.15) is 0 Å². The molecular weight excluding hydrogens is 667 g/mol. The van der Waals surface area contributed by atoms with Crippen LogP contribution in [0, 0.1) is 23.7 Å². The van der Waals surface area contributed by atoms with Crippen molar-refractivity contribution < 1.29 is 24.2 Å². The third kappa shape index (κ3) is 6.73. The van der Waals surface area contributed by atoms with Crippen molar-refractivity contribution in [3.8, 4) is 0 Å². The van der Waals surface area contributed by atoms with E-state index in [-0.39, 0.29) is 42.2 Å². The zero-order valence-electron chi connectivity index (χ0n) is 30.7. The van der Waals surface area contributed by atoms with Gasteiger partial charge in [-0.3, -0.25) is 4.79 Å². The normalized spacial score (nSPS) is 33.2. The molecule has 3 saturated heterocycles. The Labute approximate surface area is 312 Å². The minimum Gasteiger partial charge on any atom is -0.392 e. The van der Waals surface area contributed by atoms with Crippen molar-refractivity contribution in [2.45, 2.75) is 94.5 Å². The Kier molecular flexibility index (Phi) is 9.21. The van der Waals surface area contributed by atoms with Crippen LogP contribution in [0.15, 0.2) is 78.9 Å². The number of piperidine rings is 1. The standard InChI is InChI=1S/C43H53N5O5/c1-28-37(25-47-16-14-43(15-17-47)40(50)44-27-48(43)36-8-3-2-4-9-36)52-39(53-38(28)33-12-10-29(26-49)11-13-33)34-6-5-7-35(21-34)45-41(51)46-42-22-30-18-31(23-42)20-32(19-30)24-42/h2-13,21,28,30-32,37-39,49H,14-20,22-27H2,1H3,(H,44,50)(H2,45,46,51). The molecule has 7 fully saturated rings. The van der Waals surface area contributed by atoms with Crippen LogP contribution in [-0.4, -0.2) is 65.4 Å². The molecule has 3 amide bonds. The van der Waals surface area contributed by atoms with Gasteiger partial charge in [0.15, 0.2) is 6.29 Å². The van der Waals surface area contributed by atoms with Gasteiger partial charge in [0, 0.05) is 48.0 Å². The molecule has 53 heavy (non-hydrogen) atoms. The summed E-state index contributed by atoms with van der Waals surface area (Å²) in [6.45, 7) is 4.97. The third-order valence-corrected chi connectivity index (χ3v) is 13.5. The fraction of sp³-hybridized carbons (Fsp3) is 0.535. The fourth-order valence-electron chi connectivity index (χ4n) is 11.2. The SMILES string of the molecule is CC1C(CN2CCC3(CC2)C(=O)NCN3c2ccccc2)OC(c2cccc(NC(=O)NC34CC5CC(CC(C5)C3)C4)c2)OC1c1ccc(CO)cc1. The Morgan fingerprint density at radius 2 is 1.58 bits per heavy atom. The molecule has 10 rings (SSSR count). The highest BCUT2D eigenvalue weighted by molar-refractivity contribution is 5.93. The molecule has 4 bridgehead atoms. The molecule has 7 aliphatic rings. The summed E-state index contributed by atoms with van der Waals surface area (Å²) in [5.41, 5.74) is 3.92. The van der Waals surface area contributed by atoms with Crippen LogP contribution in [0.1, 0.15) is 87.4 Å². The number of ether oxygens (including phenoxy) is 2. The lowest BCUT2D eigenvalue weighted by atomic mass is 9.53. The summed E-state index contributed by atoms with van der Waals surface area (Å²) in [5, 5.41) is 19.4. The van der Waals surface area contributed by atoms with Crippen LogP contribution in [0.4, 0.5) is 16.2 Å². The molecule has 10 nitrogen and oxygen atoms in total. The molecule has 3 aromatic carbocycles. The van der Waals surface area contributed by atoms with E-state index in [1.807, 2.05) is 66.7 Å². The lowest BCUT2D eigenvalue weighted by Gasteiger charge is -2.56. The zero-order valence-corrected chi connectivity index (χ0v) is 30.7. The van der Waals surface area contributed by atoms with Crippen LogP contribution in [0.5, 0.6) is 0 Å². The predicted octanol–water partition coefficient (Wildman–Crippen LogP) is 6.49. The first kappa shape index (κ1) is 34.8. The van der Waals surface area contributed by atoms with Gasteiger partial charge in [0.25, 0.3) is 0 Å². The number of aliphatic hydroxyl groups excluding tert-OH is 1. The fourth-order valence-corrected chi connectivity index (χ4v) is 11.2. The number of hydrogen-bond donors (Lipinski definition) is 4. The van der Waals surface area contributed by atoms with Crippen LogP contribution < -0.4 is 20.9 Å². The quantitative estimate of drug-likeness (QED) is 0.211. The molecule has 4 saturated carbocycles. The summed E-state index contributed by atoms with van der Waals surface area (Å²) >= 11 is 0. The van der Waals surface area contributed by atoms with Crippen molar-refractivity contribution in [1.82, 2.24) is 15.5 Å². The number of carbonyl (C=O) groups excluding carboxylic acids is 2. The van der Waals surface area contributed by atoms with Gasteiger partial charge < -0.3 is 40.3 Å². The molecule has 4 aliphatic carbocycles. The molecule has 4 N–H and O–H groups in total. The van der Waals surface area contributed by atoms with E-state index in [0.717, 1.165) is 91.0 Å². The average Bonchev–Trinajstić information content (AvgIpc) is 3.47. The number of nitrogens with zero attached hydrogens (tertiary/aromatic N) is 2. The molecule has 10 heteroatoms. The number of nitrogens with one attached hydrogen (secondary N) is 3. The maximum absolute atomic E-state index is 13.5. The van der Waals surface area contributed by atoms with Crippen molar-refractivity contribution in [2.75, 3.05) is 36.5 Å². The van der Waals surface area contributed by atoms with Gasteiger partial charge in [0.2, 0.25) is 5.91 Å². The number of para-hydroxylation sites is 1. The Morgan fingerprint density at radius 1 is 0.887 bits per heavy atom. The Balaban J connectivity index is 0.908. The maximum Gasteiger partial charge on any atom is 0.319 e. The molecule has 3 aromatic rings. The number of likely N-dealkylation sites (tertiary alicyclic amines) is 1. The van der Waals surface area contributed by atoms with Crippen LogP contribution in [-0.2, 0) is 20.9 Å².